The van der Waals surface area contributed by atoms with Gasteiger partial charge in [-0.3, -0.25) is 9.48 Å². The number of benzene rings is 1. The Balaban J connectivity index is 1.61. The van der Waals surface area contributed by atoms with Gasteiger partial charge in [-0.15, -0.1) is 0 Å². The highest BCUT2D eigenvalue weighted by Crippen LogP contribution is 2.28. The van der Waals surface area contributed by atoms with Crippen molar-refractivity contribution in [1.29, 1.82) is 0 Å². The summed E-state index contributed by atoms with van der Waals surface area (Å²) in [5.74, 6) is -0.242. The molecule has 1 aromatic carbocycles. The number of hydrogen-bond donors (Lipinski definition) is 3. The van der Waals surface area contributed by atoms with Gasteiger partial charge in [0.25, 0.3) is 5.91 Å². The Morgan fingerprint density at radius 2 is 2.03 bits per heavy atom. The van der Waals surface area contributed by atoms with E-state index in [4.69, 9.17) is 11.5 Å². The van der Waals surface area contributed by atoms with E-state index in [1.807, 2.05) is 7.05 Å². The first-order valence-electron chi connectivity index (χ1n) is 10.2. The number of anilines is 3. The zero-order chi connectivity index (χ0) is 22.0. The molecule has 162 valence electrons. The third kappa shape index (κ3) is 4.33. The molecular formula is C21H25FN8O. The minimum Gasteiger partial charge on any atom is -0.382 e. The molecular weight excluding hydrogens is 399 g/mol. The van der Waals surface area contributed by atoms with Gasteiger partial charge in [-0.25, -0.2) is 14.4 Å². The minimum atomic E-state index is -0.538. The Bertz CT molecular complexity index is 1100. The molecule has 1 amide bonds. The van der Waals surface area contributed by atoms with Crippen molar-refractivity contribution in [2.24, 2.45) is 12.8 Å². The van der Waals surface area contributed by atoms with Crippen LogP contribution in [0.15, 0.2) is 36.7 Å². The maximum atomic E-state index is 14.2. The van der Waals surface area contributed by atoms with Crippen molar-refractivity contribution in [3.8, 4) is 11.3 Å². The van der Waals surface area contributed by atoms with Crippen molar-refractivity contribution >= 4 is 23.2 Å². The third-order valence-corrected chi connectivity index (χ3v) is 5.39. The summed E-state index contributed by atoms with van der Waals surface area (Å²) >= 11 is 0. The maximum Gasteiger partial charge on any atom is 0.278 e. The SMILES string of the molecule is Cn1ncc(NC(=O)c2nc(-c3ccccc3F)cnc2N)c1N1CCC[C@H](N)CC1. The van der Waals surface area contributed by atoms with E-state index < -0.39 is 11.7 Å². The normalized spacial score (nSPS) is 16.7. The van der Waals surface area contributed by atoms with Gasteiger partial charge in [0.05, 0.1) is 18.1 Å². The number of amides is 1. The van der Waals surface area contributed by atoms with E-state index in [0.717, 1.165) is 38.2 Å². The highest BCUT2D eigenvalue weighted by molar-refractivity contribution is 6.07. The molecule has 5 N–H and O–H groups in total. The number of carbonyl (C=O) groups excluding carboxylic acids is 1. The number of rotatable bonds is 4. The van der Waals surface area contributed by atoms with Crippen molar-refractivity contribution in [1.82, 2.24) is 19.7 Å². The predicted molar refractivity (Wildman–Crippen MR) is 117 cm³/mol. The Kier molecular flexibility index (Phi) is 5.81. The number of nitrogens with one attached hydrogen (secondary N) is 1. The number of aromatic nitrogens is 4. The van der Waals surface area contributed by atoms with Crippen molar-refractivity contribution in [2.75, 3.05) is 29.0 Å². The average Bonchev–Trinajstić information content (AvgIpc) is 2.97. The molecule has 0 spiro atoms. The first-order valence-corrected chi connectivity index (χ1v) is 10.2. The Labute approximate surface area is 179 Å². The molecule has 1 atom stereocenters. The molecule has 0 bridgehead atoms. The zero-order valence-corrected chi connectivity index (χ0v) is 17.3. The largest absolute Gasteiger partial charge is 0.382 e. The molecule has 1 aliphatic heterocycles. The Morgan fingerprint density at radius 1 is 1.23 bits per heavy atom. The van der Waals surface area contributed by atoms with Crippen molar-refractivity contribution < 1.29 is 9.18 Å². The molecule has 2 aromatic heterocycles. The van der Waals surface area contributed by atoms with Crippen LogP contribution in [0.3, 0.4) is 0 Å². The summed E-state index contributed by atoms with van der Waals surface area (Å²) in [7, 11) is 1.82. The van der Waals surface area contributed by atoms with Gasteiger partial charge >= 0.3 is 0 Å². The van der Waals surface area contributed by atoms with Gasteiger partial charge in [0.2, 0.25) is 0 Å². The third-order valence-electron chi connectivity index (χ3n) is 5.39. The fraction of sp³-hybridized carbons (Fsp3) is 0.333. The second kappa shape index (κ2) is 8.68. The minimum absolute atomic E-state index is 0.0382. The quantitative estimate of drug-likeness (QED) is 0.585. The topological polar surface area (TPSA) is 128 Å². The van der Waals surface area contributed by atoms with E-state index in [1.165, 1.54) is 12.3 Å². The average molecular weight is 424 g/mol. The zero-order valence-electron chi connectivity index (χ0n) is 17.3. The Morgan fingerprint density at radius 3 is 2.84 bits per heavy atom. The van der Waals surface area contributed by atoms with Crippen molar-refractivity contribution in [2.45, 2.75) is 25.3 Å². The van der Waals surface area contributed by atoms with Gasteiger partial charge in [-0.2, -0.15) is 5.10 Å². The molecule has 10 heteroatoms. The molecule has 1 saturated heterocycles. The van der Waals surface area contributed by atoms with Crippen LogP contribution in [0.25, 0.3) is 11.3 Å². The molecule has 3 aromatic rings. The second-order valence-electron chi connectivity index (χ2n) is 7.61. The van der Waals surface area contributed by atoms with E-state index >= 15 is 0 Å². The van der Waals surface area contributed by atoms with E-state index in [1.54, 1.807) is 29.1 Å². The summed E-state index contributed by atoms with van der Waals surface area (Å²) in [6.45, 7) is 1.59. The van der Waals surface area contributed by atoms with Gasteiger partial charge < -0.3 is 21.7 Å². The van der Waals surface area contributed by atoms with Crippen molar-refractivity contribution in [3.63, 3.8) is 0 Å². The molecule has 9 nitrogen and oxygen atoms in total. The molecule has 0 saturated carbocycles. The van der Waals surface area contributed by atoms with Crippen LogP contribution in [-0.4, -0.2) is 44.8 Å². The van der Waals surface area contributed by atoms with E-state index in [2.05, 4.69) is 25.3 Å². The van der Waals surface area contributed by atoms with Gasteiger partial charge in [-0.1, -0.05) is 12.1 Å². The van der Waals surface area contributed by atoms with Gasteiger partial charge in [0.15, 0.2) is 17.3 Å². The van der Waals surface area contributed by atoms with Crippen LogP contribution in [0.1, 0.15) is 29.8 Å². The lowest BCUT2D eigenvalue weighted by molar-refractivity contribution is 0.102. The highest BCUT2D eigenvalue weighted by Gasteiger charge is 2.23. The first-order chi connectivity index (χ1) is 14.9. The number of halogens is 1. The number of carbonyl (C=O) groups is 1. The summed E-state index contributed by atoms with van der Waals surface area (Å²) in [6.07, 6.45) is 5.72. The van der Waals surface area contributed by atoms with Crippen LogP contribution in [0.4, 0.5) is 21.7 Å². The molecule has 4 rings (SSSR count). The lowest BCUT2D eigenvalue weighted by atomic mass is 10.1. The number of nitrogen functional groups attached to an aromatic ring is 1. The molecule has 3 heterocycles. The van der Waals surface area contributed by atoms with Gasteiger partial charge in [-0.05, 0) is 31.4 Å². The second-order valence-corrected chi connectivity index (χ2v) is 7.61. The monoisotopic (exact) mass is 424 g/mol. The number of hydrogen-bond acceptors (Lipinski definition) is 7. The Hall–Kier alpha value is -3.53. The van der Waals surface area contributed by atoms with Crippen LogP contribution < -0.4 is 21.7 Å². The molecule has 0 unspecified atom stereocenters. The van der Waals surface area contributed by atoms with Crippen LogP contribution in [-0.2, 0) is 7.05 Å². The van der Waals surface area contributed by atoms with E-state index in [9.17, 15) is 9.18 Å². The van der Waals surface area contributed by atoms with E-state index in [-0.39, 0.29) is 28.8 Å². The lowest BCUT2D eigenvalue weighted by Gasteiger charge is -2.24. The van der Waals surface area contributed by atoms with E-state index in [0.29, 0.717) is 5.69 Å². The molecule has 1 aliphatic rings. The van der Waals surface area contributed by atoms with Crippen molar-refractivity contribution in [3.05, 3.63) is 48.2 Å². The molecule has 1 fully saturated rings. The highest BCUT2D eigenvalue weighted by atomic mass is 19.1. The van der Waals surface area contributed by atoms with Crippen LogP contribution in [0.2, 0.25) is 0 Å². The smallest absolute Gasteiger partial charge is 0.278 e. The van der Waals surface area contributed by atoms with Gasteiger partial charge in [0, 0.05) is 31.7 Å². The van der Waals surface area contributed by atoms with Gasteiger partial charge in [0.1, 0.15) is 11.5 Å². The standard InChI is InChI=1S/C21H25FN8O/c1-29-21(30-9-4-5-13(23)8-10-30)17(12-26-29)28-20(31)18-19(24)25-11-16(27-18)14-6-2-3-7-15(14)22/h2-3,6-7,11-13H,4-5,8-10,23H2,1H3,(H2,24,25)(H,28,31)/t13-/m0/s1. The first kappa shape index (κ1) is 20.7. The van der Waals surface area contributed by atoms with Crippen LogP contribution >= 0.6 is 0 Å². The van der Waals surface area contributed by atoms with Crippen LogP contribution in [0, 0.1) is 5.82 Å². The summed E-state index contributed by atoms with van der Waals surface area (Å²) < 4.78 is 15.9. The summed E-state index contributed by atoms with van der Waals surface area (Å²) in [5.41, 5.74) is 12.9. The summed E-state index contributed by atoms with van der Waals surface area (Å²) in [4.78, 5) is 23.5. The fourth-order valence-electron chi connectivity index (χ4n) is 3.77. The summed E-state index contributed by atoms with van der Waals surface area (Å²) in [6, 6.07) is 6.33. The number of nitrogens with zero attached hydrogens (tertiary/aromatic N) is 5. The maximum absolute atomic E-state index is 14.2. The number of aryl methyl sites for hydroxylation is 1. The lowest BCUT2D eigenvalue weighted by Crippen LogP contribution is -2.29. The molecule has 0 radical (unpaired) electrons. The molecule has 31 heavy (non-hydrogen) atoms. The number of nitrogens with two attached hydrogens (primary N) is 2. The predicted octanol–water partition coefficient (Wildman–Crippen LogP) is 2.17. The molecule has 0 aliphatic carbocycles. The van der Waals surface area contributed by atoms with Crippen LogP contribution in [0.5, 0.6) is 0 Å². The fourth-order valence-corrected chi connectivity index (χ4v) is 3.77. The summed E-state index contributed by atoms with van der Waals surface area (Å²) in [5, 5.41) is 7.14.